The molecule has 0 heterocycles. The summed E-state index contributed by atoms with van der Waals surface area (Å²) in [7, 11) is 1.57. The molecule has 0 saturated heterocycles. The summed E-state index contributed by atoms with van der Waals surface area (Å²) in [4.78, 5) is 36.1. The Hall–Kier alpha value is -3.00. The molecule has 2 aromatic carbocycles. The average molecular weight is 431 g/mol. The van der Waals surface area contributed by atoms with Gasteiger partial charge in [-0.1, -0.05) is 19.4 Å². The van der Waals surface area contributed by atoms with Crippen LogP contribution < -0.4 is 15.4 Å². The van der Waals surface area contributed by atoms with Crippen molar-refractivity contribution >= 4 is 40.9 Å². The first-order valence-corrected chi connectivity index (χ1v) is 10.8. The fourth-order valence-corrected chi connectivity index (χ4v) is 3.04. The van der Waals surface area contributed by atoms with Crippen LogP contribution in [0.3, 0.4) is 0 Å². The fourth-order valence-electron chi connectivity index (χ4n) is 2.42. The van der Waals surface area contributed by atoms with Crippen molar-refractivity contribution in [2.24, 2.45) is 0 Å². The number of carbonyl (C=O) groups excluding carboxylic acids is 3. The normalized spacial score (nSPS) is 10.2. The summed E-state index contributed by atoms with van der Waals surface area (Å²) in [5.41, 5.74) is 1.55. The van der Waals surface area contributed by atoms with Crippen LogP contribution in [0.2, 0.25) is 0 Å². The molecule has 7 nitrogen and oxygen atoms in total. The Labute approximate surface area is 180 Å². The molecule has 0 atom stereocenters. The van der Waals surface area contributed by atoms with E-state index in [9.17, 15) is 14.4 Å². The van der Waals surface area contributed by atoms with Crippen molar-refractivity contribution in [1.82, 2.24) is 0 Å². The van der Waals surface area contributed by atoms with Gasteiger partial charge in [-0.3, -0.25) is 9.59 Å². The Kier molecular flexibility index (Phi) is 9.73. The number of nitrogens with one attached hydrogen (secondary N) is 2. The molecule has 2 aromatic rings. The van der Waals surface area contributed by atoms with Crippen molar-refractivity contribution in [3.8, 4) is 5.75 Å². The van der Waals surface area contributed by atoms with Gasteiger partial charge in [-0.15, -0.1) is 11.8 Å². The molecule has 0 spiro atoms. The topological polar surface area (TPSA) is 93.7 Å². The third kappa shape index (κ3) is 8.16. The van der Waals surface area contributed by atoms with E-state index in [4.69, 9.17) is 9.47 Å². The van der Waals surface area contributed by atoms with Crippen LogP contribution in [0.1, 0.15) is 30.1 Å². The SMILES string of the molecule is CCCCOC(=O)c1cccc(NC(=O)CSCC(=O)Nc2ccc(OC)cc2)c1. The van der Waals surface area contributed by atoms with E-state index in [1.165, 1.54) is 11.8 Å². The van der Waals surface area contributed by atoms with Crippen LogP contribution in [0.5, 0.6) is 5.75 Å². The van der Waals surface area contributed by atoms with Crippen molar-refractivity contribution in [2.45, 2.75) is 19.8 Å². The Morgan fingerprint density at radius 2 is 1.60 bits per heavy atom. The van der Waals surface area contributed by atoms with Gasteiger partial charge in [0.1, 0.15) is 5.75 Å². The molecule has 0 aliphatic heterocycles. The molecule has 0 aliphatic rings. The molecule has 0 radical (unpaired) electrons. The zero-order valence-electron chi connectivity index (χ0n) is 17.1. The van der Waals surface area contributed by atoms with Crippen LogP contribution in [-0.2, 0) is 14.3 Å². The van der Waals surface area contributed by atoms with E-state index in [1.54, 1.807) is 55.6 Å². The number of unbranched alkanes of at least 4 members (excludes halogenated alkanes) is 1. The van der Waals surface area contributed by atoms with Gasteiger partial charge in [0.15, 0.2) is 0 Å². The largest absolute Gasteiger partial charge is 0.497 e. The summed E-state index contributed by atoms with van der Waals surface area (Å²) >= 11 is 1.20. The number of anilines is 2. The first kappa shape index (κ1) is 23.3. The number of hydrogen-bond acceptors (Lipinski definition) is 6. The summed E-state index contributed by atoms with van der Waals surface area (Å²) < 4.78 is 10.2. The zero-order valence-corrected chi connectivity index (χ0v) is 17.9. The van der Waals surface area contributed by atoms with Crippen LogP contribution in [0, 0.1) is 0 Å². The van der Waals surface area contributed by atoms with Crippen molar-refractivity contribution < 1.29 is 23.9 Å². The monoisotopic (exact) mass is 430 g/mol. The maximum Gasteiger partial charge on any atom is 0.338 e. The molecular weight excluding hydrogens is 404 g/mol. The number of carbonyl (C=O) groups is 3. The van der Waals surface area contributed by atoms with Gasteiger partial charge in [-0.25, -0.2) is 4.79 Å². The Bertz CT molecular complexity index is 855. The van der Waals surface area contributed by atoms with Gasteiger partial charge in [0.25, 0.3) is 0 Å². The van der Waals surface area contributed by atoms with Gasteiger partial charge in [0.2, 0.25) is 11.8 Å². The maximum atomic E-state index is 12.1. The zero-order chi connectivity index (χ0) is 21.8. The fraction of sp³-hybridized carbons (Fsp3) is 0.318. The van der Waals surface area contributed by atoms with E-state index in [-0.39, 0.29) is 23.3 Å². The molecule has 30 heavy (non-hydrogen) atoms. The standard InChI is InChI=1S/C22H26N2O5S/c1-3-4-12-29-22(27)16-6-5-7-18(13-16)24-21(26)15-30-14-20(25)23-17-8-10-19(28-2)11-9-17/h5-11,13H,3-4,12,14-15H2,1-2H3,(H,23,25)(H,24,26). The molecule has 8 heteroatoms. The smallest absolute Gasteiger partial charge is 0.338 e. The summed E-state index contributed by atoms with van der Waals surface area (Å²) in [6.07, 6.45) is 1.75. The second kappa shape index (κ2) is 12.5. The average Bonchev–Trinajstić information content (AvgIpc) is 2.74. The van der Waals surface area contributed by atoms with E-state index in [1.807, 2.05) is 6.92 Å². The minimum atomic E-state index is -0.413. The molecule has 2 amide bonds. The highest BCUT2D eigenvalue weighted by Gasteiger charge is 2.10. The number of benzene rings is 2. The van der Waals surface area contributed by atoms with Gasteiger partial charge in [0.05, 0.1) is 30.8 Å². The summed E-state index contributed by atoms with van der Waals surface area (Å²) in [6, 6.07) is 13.6. The van der Waals surface area contributed by atoms with Gasteiger partial charge >= 0.3 is 5.97 Å². The van der Waals surface area contributed by atoms with E-state index in [0.717, 1.165) is 12.8 Å². The van der Waals surface area contributed by atoms with E-state index in [0.29, 0.717) is 29.3 Å². The molecule has 0 saturated carbocycles. The lowest BCUT2D eigenvalue weighted by Gasteiger charge is -2.08. The first-order valence-electron chi connectivity index (χ1n) is 9.60. The predicted molar refractivity (Wildman–Crippen MR) is 119 cm³/mol. The van der Waals surface area contributed by atoms with Crippen LogP contribution >= 0.6 is 11.8 Å². The summed E-state index contributed by atoms with van der Waals surface area (Å²) in [5.74, 6) is 0.0924. The highest BCUT2D eigenvalue weighted by Crippen LogP contribution is 2.16. The lowest BCUT2D eigenvalue weighted by Crippen LogP contribution is -2.18. The van der Waals surface area contributed by atoms with E-state index in [2.05, 4.69) is 10.6 Å². The van der Waals surface area contributed by atoms with Crippen molar-refractivity contribution in [3.63, 3.8) is 0 Å². The molecule has 0 aliphatic carbocycles. The van der Waals surface area contributed by atoms with Gasteiger partial charge in [-0.2, -0.15) is 0 Å². The lowest BCUT2D eigenvalue weighted by atomic mass is 10.2. The third-order valence-electron chi connectivity index (χ3n) is 3.95. The molecule has 160 valence electrons. The maximum absolute atomic E-state index is 12.1. The van der Waals surface area contributed by atoms with Crippen LogP contribution in [0.25, 0.3) is 0 Å². The van der Waals surface area contributed by atoms with Crippen LogP contribution in [0.4, 0.5) is 11.4 Å². The Morgan fingerprint density at radius 1 is 0.933 bits per heavy atom. The van der Waals surface area contributed by atoms with Crippen molar-refractivity contribution in [2.75, 3.05) is 35.9 Å². The van der Waals surface area contributed by atoms with Gasteiger partial charge in [-0.05, 0) is 48.9 Å². The lowest BCUT2D eigenvalue weighted by molar-refractivity contribution is -0.114. The minimum absolute atomic E-state index is 0.112. The number of amides is 2. The van der Waals surface area contributed by atoms with E-state index < -0.39 is 5.97 Å². The Balaban J connectivity index is 1.74. The van der Waals surface area contributed by atoms with Gasteiger partial charge in [0, 0.05) is 11.4 Å². The molecule has 0 fully saturated rings. The number of thioether (sulfide) groups is 1. The molecule has 2 N–H and O–H groups in total. The van der Waals surface area contributed by atoms with Gasteiger partial charge < -0.3 is 20.1 Å². The van der Waals surface area contributed by atoms with Crippen LogP contribution in [0.15, 0.2) is 48.5 Å². The summed E-state index contributed by atoms with van der Waals surface area (Å²) in [5, 5.41) is 5.49. The number of hydrogen-bond donors (Lipinski definition) is 2. The Morgan fingerprint density at radius 3 is 2.23 bits per heavy atom. The molecule has 0 aromatic heterocycles. The number of ether oxygens (including phenoxy) is 2. The molecule has 2 rings (SSSR count). The molecule has 0 unspecified atom stereocenters. The predicted octanol–water partition coefficient (Wildman–Crippen LogP) is 3.96. The van der Waals surface area contributed by atoms with Crippen molar-refractivity contribution in [1.29, 1.82) is 0 Å². The highest BCUT2D eigenvalue weighted by atomic mass is 32.2. The second-order valence-electron chi connectivity index (χ2n) is 6.39. The first-order chi connectivity index (χ1) is 14.5. The molecule has 0 bridgehead atoms. The van der Waals surface area contributed by atoms with E-state index >= 15 is 0 Å². The number of methoxy groups -OCH3 is 1. The molecular formula is C22H26N2O5S. The quantitative estimate of drug-likeness (QED) is 0.414. The highest BCUT2D eigenvalue weighted by molar-refractivity contribution is 8.00. The minimum Gasteiger partial charge on any atom is -0.497 e. The third-order valence-corrected chi connectivity index (χ3v) is 4.89. The number of esters is 1. The second-order valence-corrected chi connectivity index (χ2v) is 7.37. The van der Waals surface area contributed by atoms with Crippen molar-refractivity contribution in [3.05, 3.63) is 54.1 Å². The van der Waals surface area contributed by atoms with Crippen LogP contribution in [-0.4, -0.2) is 43.0 Å². The summed E-state index contributed by atoms with van der Waals surface area (Å²) in [6.45, 7) is 2.39. The number of rotatable bonds is 11.